The highest BCUT2D eigenvalue weighted by atomic mass is 19.3. The summed E-state index contributed by atoms with van der Waals surface area (Å²) in [6.07, 6.45) is 5.41. The van der Waals surface area contributed by atoms with Crippen LogP contribution in [-0.2, 0) is 13.6 Å². The van der Waals surface area contributed by atoms with Crippen molar-refractivity contribution < 1.29 is 8.78 Å². The smallest absolute Gasteiger partial charge is 0.282 e. The van der Waals surface area contributed by atoms with E-state index in [2.05, 4.69) is 26.9 Å². The molecule has 0 spiro atoms. The van der Waals surface area contributed by atoms with Crippen molar-refractivity contribution in [1.29, 1.82) is 0 Å². The topological polar surface area (TPSA) is 50.1 Å². The van der Waals surface area contributed by atoms with Crippen LogP contribution in [0.25, 0.3) is 0 Å². The molecule has 27 heavy (non-hydrogen) atoms. The Morgan fingerprint density at radius 3 is 2.63 bits per heavy atom. The molecule has 2 aromatic rings. The zero-order valence-corrected chi connectivity index (χ0v) is 15.9. The summed E-state index contributed by atoms with van der Waals surface area (Å²) in [5, 5.41) is 3.90. The van der Waals surface area contributed by atoms with Gasteiger partial charge in [0.05, 0.1) is 0 Å². The lowest BCUT2D eigenvalue weighted by molar-refractivity contribution is 0.140. The van der Waals surface area contributed by atoms with Crippen LogP contribution in [0.2, 0.25) is 0 Å². The number of halogens is 2. The van der Waals surface area contributed by atoms with E-state index in [0.717, 1.165) is 37.6 Å². The van der Waals surface area contributed by atoms with Crippen molar-refractivity contribution in [3.8, 4) is 0 Å². The molecule has 0 aromatic carbocycles. The highest BCUT2D eigenvalue weighted by molar-refractivity contribution is 5.38. The SMILES string of the molecule is CN(c1ccnc(C2CC2)n1)C1CCN(Cc2cn(C)nc2C(F)F)CC1. The van der Waals surface area contributed by atoms with Crippen molar-refractivity contribution in [2.45, 2.75) is 50.6 Å². The first-order valence-electron chi connectivity index (χ1n) is 9.60. The second kappa shape index (κ2) is 7.50. The summed E-state index contributed by atoms with van der Waals surface area (Å²) in [7, 11) is 3.78. The van der Waals surface area contributed by atoms with Gasteiger partial charge < -0.3 is 4.90 Å². The molecule has 3 heterocycles. The van der Waals surface area contributed by atoms with E-state index in [1.807, 2.05) is 12.3 Å². The molecule has 4 rings (SSSR count). The number of hydrogen-bond acceptors (Lipinski definition) is 5. The van der Waals surface area contributed by atoms with Crippen LogP contribution in [0.5, 0.6) is 0 Å². The average Bonchev–Trinajstić information content (AvgIpc) is 3.45. The second-order valence-electron chi connectivity index (χ2n) is 7.68. The third-order valence-electron chi connectivity index (χ3n) is 5.61. The van der Waals surface area contributed by atoms with Crippen molar-refractivity contribution in [3.63, 3.8) is 0 Å². The standard InChI is InChI=1S/C19H26F2N6/c1-25-11-14(17(24-25)18(20)21)12-27-9-6-15(7-10-27)26(2)16-5-8-22-19(23-16)13-3-4-13/h5,8,11,13,15,18H,3-4,6-7,9-10,12H2,1-2H3. The molecule has 1 aliphatic heterocycles. The lowest BCUT2D eigenvalue weighted by Crippen LogP contribution is -2.43. The van der Waals surface area contributed by atoms with Crippen LogP contribution >= 0.6 is 0 Å². The summed E-state index contributed by atoms with van der Waals surface area (Å²) >= 11 is 0. The Hall–Kier alpha value is -2.09. The molecule has 1 saturated heterocycles. The van der Waals surface area contributed by atoms with E-state index in [0.29, 0.717) is 24.1 Å². The van der Waals surface area contributed by atoms with Gasteiger partial charge in [0, 0.05) is 63.6 Å². The van der Waals surface area contributed by atoms with Gasteiger partial charge in [-0.15, -0.1) is 0 Å². The van der Waals surface area contributed by atoms with E-state index in [9.17, 15) is 8.78 Å². The molecule has 0 bridgehead atoms. The Morgan fingerprint density at radius 2 is 1.96 bits per heavy atom. The van der Waals surface area contributed by atoms with Crippen molar-refractivity contribution in [1.82, 2.24) is 24.6 Å². The van der Waals surface area contributed by atoms with Gasteiger partial charge in [0.25, 0.3) is 6.43 Å². The third-order valence-corrected chi connectivity index (χ3v) is 5.61. The maximum atomic E-state index is 13.1. The average molecular weight is 376 g/mol. The predicted molar refractivity (Wildman–Crippen MR) is 98.9 cm³/mol. The van der Waals surface area contributed by atoms with Crippen LogP contribution in [-0.4, -0.2) is 50.8 Å². The Bertz CT molecular complexity index is 780. The maximum Gasteiger partial charge on any atom is 0.282 e. The number of anilines is 1. The number of nitrogens with zero attached hydrogens (tertiary/aromatic N) is 6. The highest BCUT2D eigenvalue weighted by Crippen LogP contribution is 2.38. The quantitative estimate of drug-likeness (QED) is 0.775. The molecule has 146 valence electrons. The molecule has 6 nitrogen and oxygen atoms in total. The Balaban J connectivity index is 1.35. The van der Waals surface area contributed by atoms with Gasteiger partial charge in [0.15, 0.2) is 0 Å². The van der Waals surface area contributed by atoms with Gasteiger partial charge >= 0.3 is 0 Å². The van der Waals surface area contributed by atoms with E-state index < -0.39 is 6.43 Å². The summed E-state index contributed by atoms with van der Waals surface area (Å²) in [4.78, 5) is 13.6. The zero-order chi connectivity index (χ0) is 19.0. The number of aryl methyl sites for hydroxylation is 1. The van der Waals surface area contributed by atoms with Gasteiger partial charge in [-0.25, -0.2) is 18.7 Å². The molecule has 2 fully saturated rings. The number of piperidine rings is 1. The zero-order valence-electron chi connectivity index (χ0n) is 15.9. The number of hydrogen-bond donors (Lipinski definition) is 0. The molecule has 8 heteroatoms. The highest BCUT2D eigenvalue weighted by Gasteiger charge is 2.29. The van der Waals surface area contributed by atoms with E-state index in [-0.39, 0.29) is 5.69 Å². The Labute approximate surface area is 158 Å². The summed E-state index contributed by atoms with van der Waals surface area (Å²) in [5.41, 5.74) is 0.537. The van der Waals surface area contributed by atoms with Gasteiger partial charge in [-0.3, -0.25) is 9.58 Å². The van der Waals surface area contributed by atoms with Crippen molar-refractivity contribution in [3.05, 3.63) is 35.5 Å². The van der Waals surface area contributed by atoms with Gasteiger partial charge in [-0.05, 0) is 31.7 Å². The van der Waals surface area contributed by atoms with Gasteiger partial charge in [-0.2, -0.15) is 5.10 Å². The lowest BCUT2D eigenvalue weighted by atomic mass is 10.0. The first-order chi connectivity index (χ1) is 13.0. The predicted octanol–water partition coefficient (Wildman–Crippen LogP) is 3.13. The second-order valence-corrected chi connectivity index (χ2v) is 7.68. The molecule has 0 amide bonds. The fourth-order valence-corrected chi connectivity index (χ4v) is 3.85. The van der Waals surface area contributed by atoms with Gasteiger partial charge in [0.2, 0.25) is 0 Å². The first-order valence-corrected chi connectivity index (χ1v) is 9.60. The fourth-order valence-electron chi connectivity index (χ4n) is 3.85. The number of aromatic nitrogens is 4. The van der Waals surface area contributed by atoms with Crippen molar-refractivity contribution >= 4 is 5.82 Å². The summed E-state index contributed by atoms with van der Waals surface area (Å²) < 4.78 is 27.7. The fraction of sp³-hybridized carbons (Fsp3) is 0.632. The summed E-state index contributed by atoms with van der Waals surface area (Å²) in [6.45, 7) is 2.30. The van der Waals surface area contributed by atoms with Crippen LogP contribution in [0.3, 0.4) is 0 Å². The van der Waals surface area contributed by atoms with Gasteiger partial charge in [-0.1, -0.05) is 0 Å². The van der Waals surface area contributed by atoms with Gasteiger partial charge in [0.1, 0.15) is 17.3 Å². The van der Waals surface area contributed by atoms with Crippen LogP contribution in [0.1, 0.15) is 55.1 Å². The number of rotatable bonds is 6. The first kappa shape index (κ1) is 18.3. The van der Waals surface area contributed by atoms with E-state index in [1.54, 1.807) is 13.2 Å². The molecule has 0 atom stereocenters. The minimum absolute atomic E-state index is 0.0923. The Kier molecular flexibility index (Phi) is 5.08. The van der Waals surface area contributed by atoms with Crippen molar-refractivity contribution in [2.24, 2.45) is 7.05 Å². The number of alkyl halides is 2. The molecular formula is C19H26F2N6. The minimum Gasteiger partial charge on any atom is -0.356 e. The molecule has 2 aliphatic rings. The normalized spacial score (nSPS) is 19.0. The van der Waals surface area contributed by atoms with Crippen LogP contribution in [0.4, 0.5) is 14.6 Å². The summed E-state index contributed by atoms with van der Waals surface area (Å²) in [5.74, 6) is 2.49. The molecule has 0 radical (unpaired) electrons. The van der Waals surface area contributed by atoms with Crippen LogP contribution in [0, 0.1) is 0 Å². The minimum atomic E-state index is -2.52. The molecule has 2 aromatic heterocycles. The van der Waals surface area contributed by atoms with E-state index in [1.165, 1.54) is 17.5 Å². The van der Waals surface area contributed by atoms with E-state index in [4.69, 9.17) is 4.98 Å². The van der Waals surface area contributed by atoms with Crippen molar-refractivity contribution in [2.75, 3.05) is 25.0 Å². The summed E-state index contributed by atoms with van der Waals surface area (Å²) in [6, 6.07) is 2.38. The lowest BCUT2D eigenvalue weighted by Gasteiger charge is -2.37. The number of likely N-dealkylation sites (tertiary alicyclic amines) is 1. The van der Waals surface area contributed by atoms with Crippen LogP contribution < -0.4 is 4.90 Å². The molecule has 0 unspecified atom stereocenters. The molecule has 1 saturated carbocycles. The monoisotopic (exact) mass is 376 g/mol. The third kappa shape index (κ3) is 4.10. The maximum absolute atomic E-state index is 13.1. The Morgan fingerprint density at radius 1 is 1.22 bits per heavy atom. The van der Waals surface area contributed by atoms with Crippen LogP contribution in [0.15, 0.2) is 18.5 Å². The molecule has 0 N–H and O–H groups in total. The molecular weight excluding hydrogens is 350 g/mol. The largest absolute Gasteiger partial charge is 0.356 e. The molecule has 1 aliphatic carbocycles. The van der Waals surface area contributed by atoms with E-state index >= 15 is 0 Å².